The summed E-state index contributed by atoms with van der Waals surface area (Å²) in [5.74, 6) is 1.20. The second-order valence-corrected chi connectivity index (χ2v) is 10.5. The molecule has 2 amide bonds. The Kier molecular flexibility index (Phi) is 8.23. The number of nitrogens with two attached hydrogens (primary N) is 1. The van der Waals surface area contributed by atoms with E-state index in [4.69, 9.17) is 31.8 Å². The molecule has 3 aromatic rings. The van der Waals surface area contributed by atoms with E-state index in [2.05, 4.69) is 4.90 Å². The zero-order chi connectivity index (χ0) is 26.5. The van der Waals surface area contributed by atoms with Gasteiger partial charge in [0.2, 0.25) is 5.91 Å². The number of carbonyl (C=O) groups is 2. The Morgan fingerprint density at radius 1 is 1.05 bits per heavy atom. The molecule has 0 radical (unpaired) electrons. The Morgan fingerprint density at radius 2 is 1.79 bits per heavy atom. The molecule has 10 heteroatoms. The van der Waals surface area contributed by atoms with Gasteiger partial charge in [0, 0.05) is 36.8 Å². The third-order valence-corrected chi connectivity index (χ3v) is 7.54. The number of morpholine rings is 1. The molecule has 0 spiro atoms. The van der Waals surface area contributed by atoms with E-state index in [1.807, 2.05) is 30.3 Å². The van der Waals surface area contributed by atoms with Crippen molar-refractivity contribution in [1.82, 2.24) is 4.90 Å². The normalized spacial score (nSPS) is 17.4. The van der Waals surface area contributed by atoms with Crippen molar-refractivity contribution in [3.63, 3.8) is 0 Å². The van der Waals surface area contributed by atoms with Gasteiger partial charge in [0.25, 0.3) is 5.91 Å². The number of furan rings is 1. The fraction of sp³-hybridized carbons (Fsp3) is 0.250. The van der Waals surface area contributed by atoms with E-state index in [0.29, 0.717) is 38.6 Å². The van der Waals surface area contributed by atoms with Crippen molar-refractivity contribution in [1.29, 1.82) is 0 Å². The van der Waals surface area contributed by atoms with Crippen molar-refractivity contribution in [2.75, 3.05) is 44.4 Å². The highest BCUT2D eigenvalue weighted by atomic mass is 32.2. The van der Waals surface area contributed by atoms with Gasteiger partial charge in [-0.25, -0.2) is 0 Å². The number of carbonyl (C=O) groups excluding carboxylic acids is 2. The lowest BCUT2D eigenvalue weighted by molar-refractivity contribution is -0.113. The fourth-order valence-electron chi connectivity index (χ4n) is 4.20. The van der Waals surface area contributed by atoms with Crippen LogP contribution in [0.15, 0.2) is 70.0 Å². The average Bonchev–Trinajstić information content (AvgIpc) is 3.51. The number of nitrogens with zero attached hydrogens (tertiary/aromatic N) is 2. The molecule has 3 heterocycles. The minimum absolute atomic E-state index is 0.206. The molecule has 0 atom stereocenters. The van der Waals surface area contributed by atoms with E-state index >= 15 is 0 Å². The van der Waals surface area contributed by atoms with Gasteiger partial charge in [0.15, 0.2) is 4.32 Å². The van der Waals surface area contributed by atoms with Crippen LogP contribution in [0.5, 0.6) is 5.75 Å². The van der Waals surface area contributed by atoms with E-state index in [9.17, 15) is 9.59 Å². The van der Waals surface area contributed by atoms with E-state index in [1.54, 1.807) is 36.4 Å². The largest absolute Gasteiger partial charge is 0.494 e. The molecule has 0 unspecified atom stereocenters. The van der Waals surface area contributed by atoms with Crippen LogP contribution < -0.4 is 15.4 Å². The van der Waals surface area contributed by atoms with Crippen LogP contribution in [0.25, 0.3) is 17.4 Å². The second kappa shape index (κ2) is 12.0. The third-order valence-electron chi connectivity index (χ3n) is 6.23. The summed E-state index contributed by atoms with van der Waals surface area (Å²) in [4.78, 5) is 28.8. The number of rotatable bonds is 9. The minimum atomic E-state index is -0.486. The summed E-state index contributed by atoms with van der Waals surface area (Å²) >= 11 is 6.73. The third kappa shape index (κ3) is 6.16. The molecular formula is C28H27N3O5S2. The first-order chi connectivity index (χ1) is 18.5. The summed E-state index contributed by atoms with van der Waals surface area (Å²) in [5.41, 5.74) is 7.21. The Balaban J connectivity index is 1.19. The summed E-state index contributed by atoms with van der Waals surface area (Å²) in [5, 5.41) is 0. The van der Waals surface area contributed by atoms with Crippen molar-refractivity contribution >= 4 is 51.9 Å². The monoisotopic (exact) mass is 549 g/mol. The zero-order valence-corrected chi connectivity index (χ0v) is 22.3. The van der Waals surface area contributed by atoms with Crippen LogP contribution in [-0.2, 0) is 9.53 Å². The van der Waals surface area contributed by atoms with Crippen LogP contribution in [0, 0.1) is 0 Å². The molecular weight excluding hydrogens is 522 g/mol. The molecule has 8 nitrogen and oxygen atoms in total. The van der Waals surface area contributed by atoms with E-state index in [-0.39, 0.29) is 5.91 Å². The lowest BCUT2D eigenvalue weighted by Gasteiger charge is -2.26. The molecule has 196 valence electrons. The second-order valence-electron chi connectivity index (χ2n) is 8.81. The quantitative estimate of drug-likeness (QED) is 0.236. The predicted molar refractivity (Wildman–Crippen MR) is 152 cm³/mol. The first-order valence-corrected chi connectivity index (χ1v) is 13.5. The number of benzene rings is 2. The minimum Gasteiger partial charge on any atom is -0.494 e. The van der Waals surface area contributed by atoms with Crippen LogP contribution in [-0.4, -0.2) is 60.5 Å². The zero-order valence-electron chi connectivity index (χ0n) is 20.6. The Bertz CT molecular complexity index is 1350. The van der Waals surface area contributed by atoms with Crippen molar-refractivity contribution in [3.8, 4) is 17.1 Å². The number of ether oxygens (including phenoxy) is 2. The first kappa shape index (κ1) is 26.2. The van der Waals surface area contributed by atoms with E-state index in [0.717, 1.165) is 50.6 Å². The number of anilines is 1. The van der Waals surface area contributed by atoms with Gasteiger partial charge in [-0.3, -0.25) is 19.4 Å². The molecule has 0 aliphatic carbocycles. The topological polar surface area (TPSA) is 98.2 Å². The highest BCUT2D eigenvalue weighted by molar-refractivity contribution is 8.27. The predicted octanol–water partition coefficient (Wildman–Crippen LogP) is 4.55. The van der Waals surface area contributed by atoms with Crippen molar-refractivity contribution in [2.24, 2.45) is 5.73 Å². The molecule has 0 saturated carbocycles. The summed E-state index contributed by atoms with van der Waals surface area (Å²) in [6, 6.07) is 17.8. The highest BCUT2D eigenvalue weighted by Gasteiger charge is 2.33. The van der Waals surface area contributed by atoms with Crippen LogP contribution in [0.3, 0.4) is 0 Å². The SMILES string of the molecule is NC(=O)c1ccc(-c2ccc(C=C3SC(=S)N(c4ccc(OCCCN5CCOCC5)cc4)C3=O)o2)cc1. The molecule has 2 fully saturated rings. The Labute approximate surface area is 230 Å². The molecule has 0 bridgehead atoms. The molecule has 2 aromatic carbocycles. The van der Waals surface area contributed by atoms with Gasteiger partial charge in [-0.1, -0.05) is 36.1 Å². The number of hydrogen-bond donors (Lipinski definition) is 1. The van der Waals surface area contributed by atoms with Gasteiger partial charge in [-0.15, -0.1) is 0 Å². The molecule has 2 saturated heterocycles. The number of hydrogen-bond acceptors (Lipinski definition) is 8. The van der Waals surface area contributed by atoms with Crippen molar-refractivity contribution < 1.29 is 23.5 Å². The van der Waals surface area contributed by atoms with Gasteiger partial charge in [0.05, 0.1) is 30.4 Å². The number of thioether (sulfide) groups is 1. The average molecular weight is 550 g/mol. The number of primary amides is 1. The maximum atomic E-state index is 13.2. The van der Waals surface area contributed by atoms with Gasteiger partial charge >= 0.3 is 0 Å². The Hall–Kier alpha value is -3.44. The molecule has 2 N–H and O–H groups in total. The summed E-state index contributed by atoms with van der Waals surface area (Å²) in [6.45, 7) is 5.15. The molecule has 1 aromatic heterocycles. The Morgan fingerprint density at radius 3 is 2.50 bits per heavy atom. The number of amides is 2. The fourth-order valence-corrected chi connectivity index (χ4v) is 5.48. The lowest BCUT2D eigenvalue weighted by atomic mass is 10.1. The van der Waals surface area contributed by atoms with E-state index in [1.165, 1.54) is 16.7 Å². The standard InChI is InChI=1S/C28H27N3O5S2/c29-26(32)20-4-2-19(3-5-20)24-11-10-23(36-24)18-25-27(33)31(28(37)38-25)21-6-8-22(9-7-21)35-15-1-12-30-13-16-34-17-14-30/h2-11,18H,1,12-17H2,(H2,29,32). The van der Waals surface area contributed by atoms with Gasteiger partial charge in [0.1, 0.15) is 17.3 Å². The van der Waals surface area contributed by atoms with Crippen LogP contribution in [0.4, 0.5) is 5.69 Å². The maximum Gasteiger partial charge on any atom is 0.270 e. The van der Waals surface area contributed by atoms with Gasteiger partial charge in [-0.2, -0.15) is 0 Å². The van der Waals surface area contributed by atoms with Crippen molar-refractivity contribution in [2.45, 2.75) is 6.42 Å². The molecule has 5 rings (SSSR count). The van der Waals surface area contributed by atoms with E-state index < -0.39 is 5.91 Å². The van der Waals surface area contributed by atoms with Crippen LogP contribution >= 0.6 is 24.0 Å². The smallest absolute Gasteiger partial charge is 0.270 e. The van der Waals surface area contributed by atoms with Crippen molar-refractivity contribution in [3.05, 3.63) is 76.9 Å². The first-order valence-electron chi connectivity index (χ1n) is 12.3. The molecule has 2 aliphatic rings. The van der Waals surface area contributed by atoms with Crippen LogP contribution in [0.2, 0.25) is 0 Å². The summed E-state index contributed by atoms with van der Waals surface area (Å²) in [7, 11) is 0. The van der Waals surface area contributed by atoms with Gasteiger partial charge in [-0.05, 0) is 55.0 Å². The summed E-state index contributed by atoms with van der Waals surface area (Å²) in [6.07, 6.45) is 2.63. The summed E-state index contributed by atoms with van der Waals surface area (Å²) < 4.78 is 17.6. The molecule has 2 aliphatic heterocycles. The van der Waals surface area contributed by atoms with Crippen LogP contribution in [0.1, 0.15) is 22.5 Å². The molecule has 38 heavy (non-hydrogen) atoms. The van der Waals surface area contributed by atoms with Gasteiger partial charge < -0.3 is 19.6 Å². The highest BCUT2D eigenvalue weighted by Crippen LogP contribution is 2.37. The lowest BCUT2D eigenvalue weighted by Crippen LogP contribution is -2.37. The maximum absolute atomic E-state index is 13.2. The number of thiocarbonyl (C=S) groups is 1.